The summed E-state index contributed by atoms with van der Waals surface area (Å²) in [6.45, 7) is 4.27. The quantitative estimate of drug-likeness (QED) is 0.284. The molecule has 0 rings (SSSR count). The van der Waals surface area contributed by atoms with Crippen LogP contribution in [0.2, 0.25) is 0 Å². The highest BCUT2D eigenvalue weighted by atomic mass is 16.5. The van der Waals surface area contributed by atoms with Gasteiger partial charge in [-0.2, -0.15) is 0 Å². The summed E-state index contributed by atoms with van der Waals surface area (Å²) < 4.78 is 4.69. The molecule has 0 heterocycles. The molecule has 0 amide bonds. The van der Waals surface area contributed by atoms with Crippen LogP contribution in [0.5, 0.6) is 0 Å². The fourth-order valence-corrected chi connectivity index (χ4v) is 0.501. The van der Waals surface area contributed by atoms with Crippen molar-refractivity contribution in [3.05, 3.63) is 12.7 Å². The van der Waals surface area contributed by atoms with Gasteiger partial charge in [-0.3, -0.25) is 0 Å². The van der Waals surface area contributed by atoms with E-state index in [0.29, 0.717) is 19.6 Å². The average Bonchev–Trinajstić information content (AvgIpc) is 2.10. The summed E-state index contributed by atoms with van der Waals surface area (Å²) >= 11 is 0. The van der Waals surface area contributed by atoms with E-state index in [1.54, 1.807) is 0 Å². The van der Waals surface area contributed by atoms with Gasteiger partial charge >= 0.3 is 5.97 Å². The Morgan fingerprint density at radius 1 is 1.67 bits per heavy atom. The first kappa shape index (κ1) is 10.7. The molecule has 0 saturated carbocycles. The van der Waals surface area contributed by atoms with Crippen LogP contribution in [-0.4, -0.2) is 26.2 Å². The third-order valence-electron chi connectivity index (χ3n) is 1.03. The van der Waals surface area contributed by atoms with Crippen molar-refractivity contribution in [2.24, 2.45) is 0 Å². The molecule has 0 aromatic rings. The Kier molecular flexibility index (Phi) is 7.00. The van der Waals surface area contributed by atoms with Crippen molar-refractivity contribution < 1.29 is 9.53 Å². The normalized spacial score (nSPS) is 8.08. The highest BCUT2D eigenvalue weighted by molar-refractivity contribution is 5.81. The number of hydrogen-bond donors (Lipinski definition) is 1. The highest BCUT2D eigenvalue weighted by Gasteiger charge is 1.91. The van der Waals surface area contributed by atoms with Gasteiger partial charge in [0.25, 0.3) is 0 Å². The van der Waals surface area contributed by atoms with Crippen molar-refractivity contribution in [1.29, 1.82) is 0 Å². The molecule has 0 radical (unpaired) electrons. The lowest BCUT2D eigenvalue weighted by atomic mass is 10.4. The van der Waals surface area contributed by atoms with E-state index in [9.17, 15) is 4.79 Å². The van der Waals surface area contributed by atoms with Crippen molar-refractivity contribution in [3.63, 3.8) is 0 Å². The van der Waals surface area contributed by atoms with Gasteiger partial charge in [0.15, 0.2) is 0 Å². The van der Waals surface area contributed by atoms with Crippen molar-refractivity contribution >= 4 is 5.97 Å². The second-order valence-electron chi connectivity index (χ2n) is 2.01. The third-order valence-corrected chi connectivity index (χ3v) is 1.03. The standard InChI is InChI=1S/C9H13NO2/c1-3-9(11)12-8-6-4-5-7-10-2/h3,10H,1,6-8H2,2H3. The van der Waals surface area contributed by atoms with E-state index in [0.717, 1.165) is 6.08 Å². The molecule has 3 nitrogen and oxygen atoms in total. The highest BCUT2D eigenvalue weighted by Crippen LogP contribution is 1.82. The zero-order chi connectivity index (χ0) is 9.23. The molecule has 0 aromatic carbocycles. The van der Waals surface area contributed by atoms with Gasteiger partial charge in [-0.25, -0.2) is 4.79 Å². The van der Waals surface area contributed by atoms with Gasteiger partial charge in [0.1, 0.15) is 6.61 Å². The molecule has 0 aliphatic rings. The minimum atomic E-state index is -0.398. The molecule has 0 bridgehead atoms. The molecule has 12 heavy (non-hydrogen) atoms. The Morgan fingerprint density at radius 2 is 2.42 bits per heavy atom. The molecular formula is C9H13NO2. The van der Waals surface area contributed by atoms with Crippen LogP contribution in [0, 0.1) is 11.8 Å². The molecular weight excluding hydrogens is 154 g/mol. The van der Waals surface area contributed by atoms with E-state index in [1.165, 1.54) is 0 Å². The van der Waals surface area contributed by atoms with E-state index >= 15 is 0 Å². The van der Waals surface area contributed by atoms with Crippen molar-refractivity contribution in [2.75, 3.05) is 20.2 Å². The Labute approximate surface area is 72.8 Å². The molecule has 3 heteroatoms. The summed E-state index contributed by atoms with van der Waals surface area (Å²) in [5, 5.41) is 2.88. The summed E-state index contributed by atoms with van der Waals surface area (Å²) in [4.78, 5) is 10.5. The Morgan fingerprint density at radius 3 is 3.00 bits per heavy atom. The Bertz CT molecular complexity index is 200. The summed E-state index contributed by atoms with van der Waals surface area (Å²) in [6, 6.07) is 0. The van der Waals surface area contributed by atoms with Crippen LogP contribution in [0.25, 0.3) is 0 Å². The molecule has 0 fully saturated rings. The Balaban J connectivity index is 3.28. The molecule has 0 unspecified atom stereocenters. The minimum Gasteiger partial charge on any atom is -0.462 e. The zero-order valence-electron chi connectivity index (χ0n) is 7.22. The van der Waals surface area contributed by atoms with Crippen LogP contribution in [0.1, 0.15) is 6.42 Å². The minimum absolute atomic E-state index is 0.335. The molecule has 0 aromatic heterocycles. The molecule has 0 aliphatic heterocycles. The maximum atomic E-state index is 10.5. The number of carbonyl (C=O) groups is 1. The lowest BCUT2D eigenvalue weighted by molar-refractivity contribution is -0.137. The van der Waals surface area contributed by atoms with Crippen LogP contribution in [0.15, 0.2) is 12.7 Å². The number of nitrogens with one attached hydrogen (secondary N) is 1. The number of carbonyl (C=O) groups excluding carboxylic acids is 1. The summed E-state index contributed by atoms with van der Waals surface area (Å²) in [5.74, 6) is 5.29. The fraction of sp³-hybridized carbons (Fsp3) is 0.444. The molecule has 0 aliphatic carbocycles. The van der Waals surface area contributed by atoms with Crippen LogP contribution < -0.4 is 5.32 Å². The number of rotatable bonds is 4. The molecule has 0 saturated heterocycles. The summed E-state index contributed by atoms with van der Waals surface area (Å²) in [6.07, 6.45) is 1.71. The fourth-order valence-electron chi connectivity index (χ4n) is 0.501. The summed E-state index contributed by atoms with van der Waals surface area (Å²) in [5.41, 5.74) is 0. The second-order valence-corrected chi connectivity index (χ2v) is 2.01. The zero-order valence-corrected chi connectivity index (χ0v) is 7.22. The van der Waals surface area contributed by atoms with Gasteiger partial charge < -0.3 is 10.1 Å². The molecule has 66 valence electrons. The van der Waals surface area contributed by atoms with Gasteiger partial charge in [0.2, 0.25) is 0 Å². The summed E-state index contributed by atoms with van der Waals surface area (Å²) in [7, 11) is 1.83. The SMILES string of the molecule is C=CC(=O)OCCC#CCNC. The first-order valence-corrected chi connectivity index (χ1v) is 3.70. The third kappa shape index (κ3) is 6.84. The van der Waals surface area contributed by atoms with E-state index < -0.39 is 5.97 Å². The first-order chi connectivity index (χ1) is 5.81. The lowest BCUT2D eigenvalue weighted by Gasteiger charge is -1.95. The molecule has 0 atom stereocenters. The monoisotopic (exact) mass is 167 g/mol. The van der Waals surface area contributed by atoms with E-state index in [2.05, 4.69) is 23.7 Å². The van der Waals surface area contributed by atoms with Crippen molar-refractivity contribution in [1.82, 2.24) is 5.32 Å². The topological polar surface area (TPSA) is 38.3 Å². The van der Waals surface area contributed by atoms with Crippen molar-refractivity contribution in [3.8, 4) is 11.8 Å². The maximum absolute atomic E-state index is 10.5. The van der Waals surface area contributed by atoms with Gasteiger partial charge in [-0.15, -0.1) is 0 Å². The second kappa shape index (κ2) is 7.83. The van der Waals surface area contributed by atoms with Crippen molar-refractivity contribution in [2.45, 2.75) is 6.42 Å². The molecule has 0 spiro atoms. The van der Waals surface area contributed by atoms with Crippen LogP contribution in [0.4, 0.5) is 0 Å². The van der Waals surface area contributed by atoms with E-state index in [-0.39, 0.29) is 0 Å². The number of esters is 1. The van der Waals surface area contributed by atoms with E-state index in [4.69, 9.17) is 4.74 Å². The van der Waals surface area contributed by atoms with Crippen LogP contribution in [0.3, 0.4) is 0 Å². The van der Waals surface area contributed by atoms with E-state index in [1.807, 2.05) is 7.05 Å². The number of hydrogen-bond acceptors (Lipinski definition) is 3. The number of ether oxygens (including phenoxy) is 1. The predicted octanol–water partition coefficient (Wildman–Crippen LogP) is 0.329. The molecule has 1 N–H and O–H groups in total. The van der Waals surface area contributed by atoms with Crippen LogP contribution in [-0.2, 0) is 9.53 Å². The smallest absolute Gasteiger partial charge is 0.330 e. The first-order valence-electron chi connectivity index (χ1n) is 3.70. The maximum Gasteiger partial charge on any atom is 0.330 e. The predicted molar refractivity (Wildman–Crippen MR) is 47.5 cm³/mol. The Hall–Kier alpha value is -1.27. The van der Waals surface area contributed by atoms with Gasteiger partial charge in [0, 0.05) is 12.5 Å². The van der Waals surface area contributed by atoms with Gasteiger partial charge in [-0.1, -0.05) is 18.4 Å². The largest absolute Gasteiger partial charge is 0.462 e. The van der Waals surface area contributed by atoms with Gasteiger partial charge in [0.05, 0.1) is 6.54 Å². The average molecular weight is 167 g/mol. The lowest BCUT2D eigenvalue weighted by Crippen LogP contribution is -2.05. The van der Waals surface area contributed by atoms with Gasteiger partial charge in [-0.05, 0) is 7.05 Å². The van der Waals surface area contributed by atoms with Crippen LogP contribution >= 0.6 is 0 Å².